The molecule has 3 nitrogen and oxygen atoms in total. The lowest BCUT2D eigenvalue weighted by molar-refractivity contribution is 0.309. The molecule has 0 saturated carbocycles. The Morgan fingerprint density at radius 2 is 1.46 bits per heavy atom. The fraction of sp³-hybridized carbons (Fsp3) is 0.0800. The summed E-state index contributed by atoms with van der Waals surface area (Å²) in [5.41, 5.74) is 2.25. The summed E-state index contributed by atoms with van der Waals surface area (Å²) in [4.78, 5) is 11.7. The van der Waals surface area contributed by atoms with Crippen molar-refractivity contribution in [2.45, 2.75) is 13.5 Å². The lowest BCUT2D eigenvalue weighted by Gasteiger charge is -2.13. The highest BCUT2D eigenvalue weighted by Crippen LogP contribution is 2.30. The monoisotopic (exact) mass is 366 g/mol. The third-order valence-electron chi connectivity index (χ3n) is 5.19. The number of aryl methyl sites for hydroxylation is 1. The van der Waals surface area contributed by atoms with E-state index in [4.69, 9.17) is 9.15 Å². The molecule has 5 rings (SSSR count). The van der Waals surface area contributed by atoms with E-state index in [1.165, 1.54) is 27.6 Å². The van der Waals surface area contributed by atoms with E-state index in [1.807, 2.05) is 31.2 Å². The standard InChI is InChI=1S/C25H18O3/c1-16-12-25(26)28-24-14-19(10-11-20(16)24)27-15-23-21-8-4-2-6-17(21)13-18-7-3-5-9-22(18)23/h2-14H,15H2,1H3. The molecule has 0 aliphatic rings. The molecular weight excluding hydrogens is 348 g/mol. The maximum absolute atomic E-state index is 11.7. The van der Waals surface area contributed by atoms with Gasteiger partial charge in [-0.3, -0.25) is 0 Å². The third kappa shape index (κ3) is 2.81. The van der Waals surface area contributed by atoms with E-state index in [0.717, 1.165) is 16.5 Å². The molecule has 0 aliphatic carbocycles. The van der Waals surface area contributed by atoms with E-state index in [2.05, 4.69) is 42.5 Å². The van der Waals surface area contributed by atoms with Crippen LogP contribution in [0.4, 0.5) is 0 Å². The number of fused-ring (bicyclic) bond motifs is 3. The van der Waals surface area contributed by atoms with Crippen molar-refractivity contribution in [2.24, 2.45) is 0 Å². The Morgan fingerprint density at radius 1 is 0.786 bits per heavy atom. The number of ether oxygens (including phenoxy) is 1. The van der Waals surface area contributed by atoms with Crippen molar-refractivity contribution in [2.75, 3.05) is 0 Å². The van der Waals surface area contributed by atoms with Crippen LogP contribution in [0.25, 0.3) is 32.5 Å². The lowest BCUT2D eigenvalue weighted by Crippen LogP contribution is -2.00. The van der Waals surface area contributed by atoms with Crippen LogP contribution in [0.5, 0.6) is 5.75 Å². The highest BCUT2D eigenvalue weighted by Gasteiger charge is 2.09. The zero-order valence-electron chi connectivity index (χ0n) is 15.4. The summed E-state index contributed by atoms with van der Waals surface area (Å²) < 4.78 is 11.5. The van der Waals surface area contributed by atoms with E-state index < -0.39 is 0 Å². The Bertz CT molecular complexity index is 1340. The Labute approximate surface area is 161 Å². The Kier molecular flexibility index (Phi) is 3.87. The predicted octanol–water partition coefficient (Wildman–Crippen LogP) is 5.99. The normalized spacial score (nSPS) is 11.3. The van der Waals surface area contributed by atoms with Gasteiger partial charge in [0.1, 0.15) is 17.9 Å². The average molecular weight is 366 g/mol. The maximum Gasteiger partial charge on any atom is 0.336 e. The van der Waals surface area contributed by atoms with Gasteiger partial charge in [-0.1, -0.05) is 48.5 Å². The molecule has 136 valence electrons. The SMILES string of the molecule is Cc1cc(=O)oc2cc(OCc3c4ccccc4cc4ccccc34)ccc12. The van der Waals surface area contributed by atoms with Gasteiger partial charge in [0.05, 0.1) is 0 Å². The molecule has 0 spiro atoms. The first-order valence-corrected chi connectivity index (χ1v) is 9.26. The van der Waals surface area contributed by atoms with E-state index >= 15 is 0 Å². The van der Waals surface area contributed by atoms with Crippen molar-refractivity contribution in [1.29, 1.82) is 0 Å². The van der Waals surface area contributed by atoms with Crippen LogP contribution in [-0.2, 0) is 6.61 Å². The molecular formula is C25H18O3. The molecule has 28 heavy (non-hydrogen) atoms. The van der Waals surface area contributed by atoms with Gasteiger partial charge in [-0.2, -0.15) is 0 Å². The first-order chi connectivity index (χ1) is 13.7. The van der Waals surface area contributed by atoms with Crippen LogP contribution in [0.15, 0.2) is 88.1 Å². The van der Waals surface area contributed by atoms with Crippen LogP contribution in [0.2, 0.25) is 0 Å². The number of benzene rings is 4. The van der Waals surface area contributed by atoms with E-state index in [1.54, 1.807) is 6.07 Å². The summed E-state index contributed by atoms with van der Waals surface area (Å²) in [6.45, 7) is 2.34. The Morgan fingerprint density at radius 3 is 2.18 bits per heavy atom. The molecule has 0 N–H and O–H groups in total. The molecule has 0 atom stereocenters. The second kappa shape index (κ2) is 6.54. The largest absolute Gasteiger partial charge is 0.489 e. The molecule has 1 heterocycles. The first-order valence-electron chi connectivity index (χ1n) is 9.26. The van der Waals surface area contributed by atoms with Crippen LogP contribution in [0.3, 0.4) is 0 Å². The summed E-state index contributed by atoms with van der Waals surface area (Å²) in [7, 11) is 0. The summed E-state index contributed by atoms with van der Waals surface area (Å²) >= 11 is 0. The summed E-state index contributed by atoms with van der Waals surface area (Å²) in [5, 5.41) is 5.68. The van der Waals surface area contributed by atoms with Gasteiger partial charge in [-0.05, 0) is 52.2 Å². The van der Waals surface area contributed by atoms with Crippen molar-refractivity contribution >= 4 is 32.5 Å². The fourth-order valence-electron chi connectivity index (χ4n) is 3.81. The quantitative estimate of drug-likeness (QED) is 0.291. The third-order valence-corrected chi connectivity index (χ3v) is 5.19. The predicted molar refractivity (Wildman–Crippen MR) is 113 cm³/mol. The second-order valence-corrected chi connectivity index (χ2v) is 6.99. The fourth-order valence-corrected chi connectivity index (χ4v) is 3.81. The molecule has 5 aromatic rings. The average Bonchev–Trinajstić information content (AvgIpc) is 2.70. The zero-order chi connectivity index (χ0) is 19.1. The Hall–Kier alpha value is -3.59. The van der Waals surface area contributed by atoms with Gasteiger partial charge in [0, 0.05) is 23.1 Å². The highest BCUT2D eigenvalue weighted by molar-refractivity contribution is 6.02. The van der Waals surface area contributed by atoms with Gasteiger partial charge in [0.15, 0.2) is 0 Å². The number of hydrogen-bond acceptors (Lipinski definition) is 3. The molecule has 0 radical (unpaired) electrons. The molecule has 1 aromatic heterocycles. The van der Waals surface area contributed by atoms with Gasteiger partial charge in [0.25, 0.3) is 0 Å². The highest BCUT2D eigenvalue weighted by atomic mass is 16.5. The lowest BCUT2D eigenvalue weighted by atomic mass is 9.97. The van der Waals surface area contributed by atoms with Crippen molar-refractivity contribution in [3.63, 3.8) is 0 Å². The Balaban J connectivity index is 1.58. The van der Waals surface area contributed by atoms with Crippen molar-refractivity contribution < 1.29 is 9.15 Å². The number of rotatable bonds is 3. The van der Waals surface area contributed by atoms with E-state index in [-0.39, 0.29) is 5.63 Å². The van der Waals surface area contributed by atoms with Gasteiger partial charge >= 0.3 is 5.63 Å². The zero-order valence-corrected chi connectivity index (χ0v) is 15.4. The molecule has 4 aromatic carbocycles. The van der Waals surface area contributed by atoms with Gasteiger partial charge in [-0.15, -0.1) is 0 Å². The summed E-state index contributed by atoms with van der Waals surface area (Å²) in [6, 6.07) is 26.1. The van der Waals surface area contributed by atoms with Crippen LogP contribution < -0.4 is 10.4 Å². The number of hydrogen-bond donors (Lipinski definition) is 0. The van der Waals surface area contributed by atoms with Gasteiger partial charge in [-0.25, -0.2) is 4.79 Å². The molecule has 0 amide bonds. The van der Waals surface area contributed by atoms with Crippen LogP contribution >= 0.6 is 0 Å². The summed E-state index contributed by atoms with van der Waals surface area (Å²) in [6.07, 6.45) is 0. The summed E-state index contributed by atoms with van der Waals surface area (Å²) in [5.74, 6) is 0.679. The second-order valence-electron chi connectivity index (χ2n) is 6.99. The van der Waals surface area contributed by atoms with Crippen LogP contribution in [0.1, 0.15) is 11.1 Å². The molecule has 0 unspecified atom stereocenters. The molecule has 0 saturated heterocycles. The maximum atomic E-state index is 11.7. The minimum atomic E-state index is -0.345. The molecule has 0 aliphatic heterocycles. The molecule has 3 heteroatoms. The van der Waals surface area contributed by atoms with Crippen molar-refractivity contribution in [1.82, 2.24) is 0 Å². The minimum absolute atomic E-state index is 0.345. The van der Waals surface area contributed by atoms with Crippen LogP contribution in [0, 0.1) is 6.92 Å². The van der Waals surface area contributed by atoms with Crippen molar-refractivity contribution in [3.8, 4) is 5.75 Å². The van der Waals surface area contributed by atoms with Gasteiger partial charge in [0.2, 0.25) is 0 Å². The molecule has 0 fully saturated rings. The van der Waals surface area contributed by atoms with E-state index in [9.17, 15) is 4.79 Å². The topological polar surface area (TPSA) is 39.4 Å². The first kappa shape index (κ1) is 16.6. The molecule has 0 bridgehead atoms. The van der Waals surface area contributed by atoms with E-state index in [0.29, 0.717) is 17.9 Å². The minimum Gasteiger partial charge on any atom is -0.489 e. The van der Waals surface area contributed by atoms with Crippen LogP contribution in [-0.4, -0.2) is 0 Å². The van der Waals surface area contributed by atoms with Gasteiger partial charge < -0.3 is 9.15 Å². The smallest absolute Gasteiger partial charge is 0.336 e. The van der Waals surface area contributed by atoms with Crippen molar-refractivity contribution in [3.05, 3.63) is 100 Å².